The van der Waals surface area contributed by atoms with Crippen LogP contribution in [0.4, 0.5) is 10.7 Å². The Bertz CT molecular complexity index is 814. The van der Waals surface area contributed by atoms with Crippen LogP contribution >= 0.6 is 11.8 Å². The largest absolute Gasteiger partial charge is 0.453 e. The van der Waals surface area contributed by atoms with Crippen molar-refractivity contribution in [2.24, 2.45) is 0 Å². The van der Waals surface area contributed by atoms with E-state index in [1.807, 2.05) is 6.07 Å². The average molecular weight is 314 g/mol. The van der Waals surface area contributed by atoms with Crippen LogP contribution in [0.5, 0.6) is 0 Å². The fraction of sp³-hybridized carbons (Fsp3) is 0.133. The molecule has 0 unspecified atom stereocenters. The summed E-state index contributed by atoms with van der Waals surface area (Å²) < 4.78 is 4.53. The number of benzene rings is 1. The second-order valence-electron chi connectivity index (χ2n) is 4.66. The van der Waals surface area contributed by atoms with Crippen LogP contribution in [-0.2, 0) is 4.74 Å². The van der Waals surface area contributed by atoms with Gasteiger partial charge in [0.15, 0.2) is 5.65 Å². The third kappa shape index (κ3) is 3.20. The molecule has 0 atom stereocenters. The van der Waals surface area contributed by atoms with Crippen LogP contribution in [0.3, 0.4) is 0 Å². The van der Waals surface area contributed by atoms with E-state index in [-0.39, 0.29) is 0 Å². The average Bonchev–Trinajstić information content (AvgIpc) is 2.91. The van der Waals surface area contributed by atoms with Gasteiger partial charge in [-0.15, -0.1) is 0 Å². The molecule has 22 heavy (non-hydrogen) atoms. The van der Waals surface area contributed by atoms with E-state index in [2.05, 4.69) is 56.2 Å². The molecule has 0 aliphatic carbocycles. The number of hydrogen-bond donors (Lipinski definition) is 2. The van der Waals surface area contributed by atoms with Crippen LogP contribution < -0.4 is 5.32 Å². The molecule has 112 valence electrons. The molecular weight excluding hydrogens is 300 g/mol. The summed E-state index contributed by atoms with van der Waals surface area (Å²) in [6, 6.07) is 10.2. The number of carbonyl (C=O) groups is 1. The summed E-state index contributed by atoms with van der Waals surface area (Å²) in [5.74, 6) is 0.312. The number of nitrogens with one attached hydrogen (secondary N) is 2. The van der Waals surface area contributed by atoms with Gasteiger partial charge >= 0.3 is 6.09 Å². The second-order valence-corrected chi connectivity index (χ2v) is 5.80. The highest BCUT2D eigenvalue weighted by molar-refractivity contribution is 7.99. The molecule has 0 radical (unpaired) electrons. The summed E-state index contributed by atoms with van der Waals surface area (Å²) in [7, 11) is 1.30. The summed E-state index contributed by atoms with van der Waals surface area (Å²) in [5.41, 5.74) is 2.52. The monoisotopic (exact) mass is 314 g/mol. The lowest BCUT2D eigenvalue weighted by Gasteiger charge is -2.01. The summed E-state index contributed by atoms with van der Waals surface area (Å²) in [6.45, 7) is 2.06. The Balaban J connectivity index is 1.83. The normalized spacial score (nSPS) is 10.6. The summed E-state index contributed by atoms with van der Waals surface area (Å²) in [4.78, 5) is 24.8. The standard InChI is InChI=1S/C15H14N4O2S/c1-9-3-5-10(6-4-9)22-11-7-12-13(16-8-11)18-14(17-12)19-15(20)21-2/h3-8H,1-2H3,(H2,16,17,18,19,20). The van der Waals surface area contributed by atoms with Crippen LogP contribution in [0.25, 0.3) is 11.2 Å². The molecule has 7 heteroatoms. The minimum absolute atomic E-state index is 0.312. The van der Waals surface area contributed by atoms with E-state index in [0.29, 0.717) is 17.1 Å². The van der Waals surface area contributed by atoms with E-state index >= 15 is 0 Å². The lowest BCUT2D eigenvalue weighted by molar-refractivity contribution is 0.186. The lowest BCUT2D eigenvalue weighted by atomic mass is 10.2. The number of rotatable bonds is 3. The number of carbonyl (C=O) groups excluding carboxylic acids is 1. The zero-order valence-electron chi connectivity index (χ0n) is 12.1. The van der Waals surface area contributed by atoms with Gasteiger partial charge in [-0.25, -0.2) is 14.8 Å². The molecule has 2 aromatic heterocycles. The van der Waals surface area contributed by atoms with E-state index in [1.54, 1.807) is 18.0 Å². The summed E-state index contributed by atoms with van der Waals surface area (Å²) >= 11 is 1.61. The zero-order chi connectivity index (χ0) is 15.5. The molecular formula is C15H14N4O2S. The molecule has 0 fully saturated rings. The molecule has 3 aromatic rings. The Morgan fingerprint density at radius 2 is 2.05 bits per heavy atom. The number of imidazole rings is 1. The number of methoxy groups -OCH3 is 1. The van der Waals surface area contributed by atoms with Gasteiger partial charge in [-0.1, -0.05) is 29.5 Å². The zero-order valence-corrected chi connectivity index (χ0v) is 12.9. The van der Waals surface area contributed by atoms with Crippen molar-refractivity contribution in [1.29, 1.82) is 0 Å². The first kappa shape index (κ1) is 14.4. The summed E-state index contributed by atoms with van der Waals surface area (Å²) in [6.07, 6.45) is 1.20. The smallest absolute Gasteiger partial charge is 0.413 e. The number of aromatic nitrogens is 3. The van der Waals surface area contributed by atoms with Gasteiger partial charge < -0.3 is 9.72 Å². The molecule has 0 spiro atoms. The molecule has 0 saturated carbocycles. The predicted octanol–water partition coefficient (Wildman–Crippen LogP) is 3.60. The second kappa shape index (κ2) is 6.07. The number of amides is 1. The number of H-pyrrole nitrogens is 1. The van der Waals surface area contributed by atoms with Gasteiger partial charge in [0.2, 0.25) is 5.95 Å². The minimum atomic E-state index is -0.576. The van der Waals surface area contributed by atoms with Gasteiger partial charge in [0, 0.05) is 16.0 Å². The van der Waals surface area contributed by atoms with E-state index in [0.717, 1.165) is 9.79 Å². The van der Waals surface area contributed by atoms with Crippen molar-refractivity contribution >= 4 is 35.0 Å². The van der Waals surface area contributed by atoms with Crippen molar-refractivity contribution in [2.45, 2.75) is 16.7 Å². The SMILES string of the molecule is COC(=O)Nc1nc2cc(Sc3ccc(C)cc3)cnc2[nH]1. The van der Waals surface area contributed by atoms with Crippen molar-refractivity contribution in [1.82, 2.24) is 15.0 Å². The van der Waals surface area contributed by atoms with Crippen molar-refractivity contribution in [3.8, 4) is 0 Å². The Morgan fingerprint density at radius 3 is 2.77 bits per heavy atom. The molecule has 6 nitrogen and oxygen atoms in total. The molecule has 2 heterocycles. The first-order valence-electron chi connectivity index (χ1n) is 6.59. The number of aryl methyl sites for hydroxylation is 1. The third-order valence-electron chi connectivity index (χ3n) is 2.97. The highest BCUT2D eigenvalue weighted by atomic mass is 32.2. The fourth-order valence-corrected chi connectivity index (χ4v) is 2.70. The van der Waals surface area contributed by atoms with Crippen molar-refractivity contribution in [2.75, 3.05) is 12.4 Å². The number of anilines is 1. The van der Waals surface area contributed by atoms with Crippen LogP contribution in [0.15, 0.2) is 46.3 Å². The maximum Gasteiger partial charge on any atom is 0.413 e. The molecule has 3 rings (SSSR count). The van der Waals surface area contributed by atoms with E-state index < -0.39 is 6.09 Å². The molecule has 1 aromatic carbocycles. The summed E-state index contributed by atoms with van der Waals surface area (Å²) in [5, 5.41) is 2.48. The molecule has 0 bridgehead atoms. The van der Waals surface area contributed by atoms with Crippen LogP contribution in [0, 0.1) is 6.92 Å². The Morgan fingerprint density at radius 1 is 1.27 bits per heavy atom. The molecule has 0 aliphatic rings. The first-order chi connectivity index (χ1) is 10.6. The number of fused-ring (bicyclic) bond motifs is 1. The topological polar surface area (TPSA) is 79.9 Å². The maximum absolute atomic E-state index is 11.2. The van der Waals surface area contributed by atoms with Gasteiger partial charge in [-0.05, 0) is 25.1 Å². The van der Waals surface area contributed by atoms with Crippen molar-refractivity contribution < 1.29 is 9.53 Å². The number of nitrogens with zero attached hydrogens (tertiary/aromatic N) is 2. The Labute approximate surface area is 131 Å². The van der Waals surface area contributed by atoms with Gasteiger partial charge in [-0.2, -0.15) is 0 Å². The highest BCUT2D eigenvalue weighted by Gasteiger charge is 2.08. The highest BCUT2D eigenvalue weighted by Crippen LogP contribution is 2.29. The fourth-order valence-electron chi connectivity index (χ4n) is 1.88. The van der Waals surface area contributed by atoms with Crippen molar-refractivity contribution in [3.05, 3.63) is 42.1 Å². The number of aromatic amines is 1. The maximum atomic E-state index is 11.2. The van der Waals surface area contributed by atoms with Gasteiger partial charge in [0.1, 0.15) is 5.52 Å². The van der Waals surface area contributed by atoms with Gasteiger partial charge in [0.05, 0.1) is 7.11 Å². The van der Waals surface area contributed by atoms with Gasteiger partial charge in [-0.3, -0.25) is 5.32 Å². The molecule has 0 aliphatic heterocycles. The van der Waals surface area contributed by atoms with E-state index in [9.17, 15) is 4.79 Å². The number of pyridine rings is 1. The Hall–Kier alpha value is -2.54. The number of ether oxygens (including phenoxy) is 1. The van der Waals surface area contributed by atoms with E-state index in [4.69, 9.17) is 0 Å². The molecule has 2 N–H and O–H groups in total. The first-order valence-corrected chi connectivity index (χ1v) is 7.41. The van der Waals surface area contributed by atoms with E-state index in [1.165, 1.54) is 12.7 Å². The Kier molecular flexibility index (Phi) is 3.97. The molecule has 1 amide bonds. The van der Waals surface area contributed by atoms with Crippen molar-refractivity contribution in [3.63, 3.8) is 0 Å². The van der Waals surface area contributed by atoms with Crippen LogP contribution in [-0.4, -0.2) is 28.2 Å². The van der Waals surface area contributed by atoms with Crippen LogP contribution in [0.1, 0.15) is 5.56 Å². The third-order valence-corrected chi connectivity index (χ3v) is 3.94. The quantitative estimate of drug-likeness (QED) is 0.772. The number of hydrogen-bond acceptors (Lipinski definition) is 5. The van der Waals surface area contributed by atoms with Crippen LogP contribution in [0.2, 0.25) is 0 Å². The minimum Gasteiger partial charge on any atom is -0.453 e. The predicted molar refractivity (Wildman–Crippen MR) is 85.2 cm³/mol. The lowest BCUT2D eigenvalue weighted by Crippen LogP contribution is -2.11. The molecule has 0 saturated heterocycles. The van der Waals surface area contributed by atoms with Gasteiger partial charge in [0.25, 0.3) is 0 Å².